The maximum atomic E-state index is 13.8. The van der Waals surface area contributed by atoms with Crippen molar-refractivity contribution in [3.8, 4) is 0 Å². The molecule has 3 nitrogen and oxygen atoms in total. The van der Waals surface area contributed by atoms with Crippen molar-refractivity contribution in [3.63, 3.8) is 0 Å². The van der Waals surface area contributed by atoms with Gasteiger partial charge in [-0.2, -0.15) is 0 Å². The van der Waals surface area contributed by atoms with Crippen molar-refractivity contribution in [1.82, 2.24) is 0 Å². The third-order valence-electron chi connectivity index (χ3n) is 2.40. The zero-order chi connectivity index (χ0) is 12.8. The first-order valence-electron chi connectivity index (χ1n) is 5.38. The summed E-state index contributed by atoms with van der Waals surface area (Å²) in [6, 6.07) is 4.38. The van der Waals surface area contributed by atoms with Gasteiger partial charge >= 0.3 is 0 Å². The van der Waals surface area contributed by atoms with Crippen molar-refractivity contribution in [3.05, 3.63) is 42.2 Å². The Hall–Kier alpha value is -1.68. The Balaban J connectivity index is 3.23. The predicted octanol–water partition coefficient (Wildman–Crippen LogP) is 2.01. The fourth-order valence-corrected chi connectivity index (χ4v) is 1.69. The molecule has 17 heavy (non-hydrogen) atoms. The quantitative estimate of drug-likeness (QED) is 0.608. The van der Waals surface area contributed by atoms with Crippen LogP contribution < -0.4 is 4.90 Å². The normalized spacial score (nSPS) is 10.1. The van der Waals surface area contributed by atoms with Gasteiger partial charge in [0, 0.05) is 18.7 Å². The molecule has 0 unspecified atom stereocenters. The molecule has 1 aromatic carbocycles. The van der Waals surface area contributed by atoms with Gasteiger partial charge in [0.05, 0.1) is 12.3 Å². The van der Waals surface area contributed by atoms with Crippen LogP contribution in [0.5, 0.6) is 0 Å². The second kappa shape index (κ2) is 6.15. The number of hydrogen-bond donors (Lipinski definition) is 1. The summed E-state index contributed by atoms with van der Waals surface area (Å²) in [5.74, 6) is -0.667. The highest BCUT2D eigenvalue weighted by molar-refractivity contribution is 5.99. The molecule has 4 heteroatoms. The van der Waals surface area contributed by atoms with Crippen LogP contribution in [0.15, 0.2) is 30.9 Å². The number of anilines is 1. The number of benzene rings is 1. The first-order valence-corrected chi connectivity index (χ1v) is 5.38. The van der Waals surface area contributed by atoms with Crippen molar-refractivity contribution in [2.75, 3.05) is 24.6 Å². The highest BCUT2D eigenvalue weighted by atomic mass is 19.1. The van der Waals surface area contributed by atoms with Crippen LogP contribution in [0.3, 0.4) is 0 Å². The summed E-state index contributed by atoms with van der Waals surface area (Å²) < 4.78 is 13.8. The van der Waals surface area contributed by atoms with Crippen molar-refractivity contribution in [2.24, 2.45) is 0 Å². The Morgan fingerprint density at radius 2 is 2.29 bits per heavy atom. The second-order valence-corrected chi connectivity index (χ2v) is 3.65. The van der Waals surface area contributed by atoms with Crippen LogP contribution in [0.1, 0.15) is 17.3 Å². The summed E-state index contributed by atoms with van der Waals surface area (Å²) in [4.78, 5) is 13.0. The number of halogens is 1. The summed E-state index contributed by atoms with van der Waals surface area (Å²) in [5.41, 5.74) is 0.550. The highest BCUT2D eigenvalue weighted by Gasteiger charge is 2.17. The van der Waals surface area contributed by atoms with Crippen molar-refractivity contribution < 1.29 is 14.3 Å². The molecule has 1 N–H and O–H groups in total. The van der Waals surface area contributed by atoms with Crippen LogP contribution in [-0.2, 0) is 0 Å². The average molecular weight is 237 g/mol. The van der Waals surface area contributed by atoms with E-state index in [0.29, 0.717) is 12.1 Å². The molecule has 0 fully saturated rings. The number of Topliss-reactive ketones (excluding diaryl/α,β-unsaturated/α-hetero) is 1. The minimum Gasteiger partial charge on any atom is -0.395 e. The standard InChI is InChI=1S/C13H16FNO2/c1-3-7-15(8-9-16)13-11(10(2)17)5-4-6-12(13)14/h3-6,16H,1,7-9H2,2H3. The van der Waals surface area contributed by atoms with Crippen molar-refractivity contribution in [1.29, 1.82) is 0 Å². The van der Waals surface area contributed by atoms with Gasteiger partial charge in [-0.1, -0.05) is 12.1 Å². The first-order chi connectivity index (χ1) is 8.11. The maximum absolute atomic E-state index is 13.8. The van der Waals surface area contributed by atoms with E-state index in [1.807, 2.05) is 0 Å². The molecule has 0 aliphatic heterocycles. The van der Waals surface area contributed by atoms with E-state index in [-0.39, 0.29) is 24.6 Å². The monoisotopic (exact) mass is 237 g/mol. The Kier molecular flexibility index (Phi) is 4.84. The van der Waals surface area contributed by atoms with Gasteiger partial charge in [0.2, 0.25) is 0 Å². The Bertz CT molecular complexity index is 418. The van der Waals surface area contributed by atoms with Gasteiger partial charge in [0.25, 0.3) is 0 Å². The van der Waals surface area contributed by atoms with Crippen LogP contribution in [-0.4, -0.2) is 30.6 Å². The Labute approximate surface area is 100 Å². The lowest BCUT2D eigenvalue weighted by Gasteiger charge is -2.24. The fraction of sp³-hybridized carbons (Fsp3) is 0.308. The van der Waals surface area contributed by atoms with Gasteiger partial charge in [0.15, 0.2) is 5.78 Å². The summed E-state index contributed by atoms with van der Waals surface area (Å²) in [6.07, 6.45) is 1.60. The number of nitrogens with zero attached hydrogens (tertiary/aromatic N) is 1. The summed E-state index contributed by atoms with van der Waals surface area (Å²) >= 11 is 0. The van der Waals surface area contributed by atoms with Gasteiger partial charge < -0.3 is 10.0 Å². The molecule has 1 aromatic rings. The van der Waals surface area contributed by atoms with E-state index in [1.54, 1.807) is 17.0 Å². The molecule has 0 aliphatic rings. The minimum atomic E-state index is -0.465. The first kappa shape index (κ1) is 13.4. The lowest BCUT2D eigenvalue weighted by atomic mass is 10.1. The van der Waals surface area contributed by atoms with Gasteiger partial charge in [-0.05, 0) is 19.1 Å². The number of para-hydroxylation sites is 1. The van der Waals surface area contributed by atoms with E-state index in [4.69, 9.17) is 5.11 Å². The van der Waals surface area contributed by atoms with Crippen molar-refractivity contribution in [2.45, 2.75) is 6.92 Å². The molecule has 0 atom stereocenters. The molecule has 0 aromatic heterocycles. The van der Waals surface area contributed by atoms with Gasteiger partial charge in [0.1, 0.15) is 5.82 Å². The van der Waals surface area contributed by atoms with E-state index >= 15 is 0 Å². The zero-order valence-electron chi connectivity index (χ0n) is 9.82. The summed E-state index contributed by atoms with van der Waals surface area (Å²) in [7, 11) is 0. The molecule has 0 saturated heterocycles. The van der Waals surface area contributed by atoms with Gasteiger partial charge in [-0.25, -0.2) is 4.39 Å². The number of hydrogen-bond acceptors (Lipinski definition) is 3. The number of ketones is 1. The predicted molar refractivity (Wildman–Crippen MR) is 65.9 cm³/mol. The van der Waals surface area contributed by atoms with E-state index in [9.17, 15) is 9.18 Å². The highest BCUT2D eigenvalue weighted by Crippen LogP contribution is 2.24. The van der Waals surface area contributed by atoms with E-state index in [1.165, 1.54) is 19.1 Å². The molecule has 0 aliphatic carbocycles. The molecule has 0 amide bonds. The molecular weight excluding hydrogens is 221 g/mol. The molecule has 92 valence electrons. The van der Waals surface area contributed by atoms with Crippen LogP contribution >= 0.6 is 0 Å². The number of aliphatic hydroxyl groups is 1. The lowest BCUT2D eigenvalue weighted by Crippen LogP contribution is -2.29. The number of rotatable bonds is 6. The number of carbonyl (C=O) groups excluding carboxylic acids is 1. The van der Waals surface area contributed by atoms with Crippen LogP contribution in [0.25, 0.3) is 0 Å². The number of aliphatic hydroxyl groups excluding tert-OH is 1. The third-order valence-corrected chi connectivity index (χ3v) is 2.40. The van der Waals surface area contributed by atoms with Gasteiger partial charge in [-0.3, -0.25) is 4.79 Å². The van der Waals surface area contributed by atoms with Crippen LogP contribution in [0.2, 0.25) is 0 Å². The molecule has 0 radical (unpaired) electrons. The SMILES string of the molecule is C=CCN(CCO)c1c(F)cccc1C(C)=O. The van der Waals surface area contributed by atoms with E-state index < -0.39 is 5.82 Å². The largest absolute Gasteiger partial charge is 0.395 e. The second-order valence-electron chi connectivity index (χ2n) is 3.65. The maximum Gasteiger partial charge on any atom is 0.161 e. The average Bonchev–Trinajstić information content (AvgIpc) is 2.28. The Morgan fingerprint density at radius 3 is 2.82 bits per heavy atom. The smallest absolute Gasteiger partial charge is 0.161 e. The lowest BCUT2D eigenvalue weighted by molar-refractivity contribution is 0.101. The van der Waals surface area contributed by atoms with Crippen molar-refractivity contribution >= 4 is 11.5 Å². The Morgan fingerprint density at radius 1 is 1.59 bits per heavy atom. The molecular formula is C13H16FNO2. The summed E-state index contributed by atoms with van der Waals surface area (Å²) in [6.45, 7) is 5.50. The summed E-state index contributed by atoms with van der Waals surface area (Å²) in [5, 5.41) is 8.96. The third kappa shape index (κ3) is 3.14. The molecule has 0 spiro atoms. The van der Waals surface area contributed by atoms with Crippen LogP contribution in [0, 0.1) is 5.82 Å². The topological polar surface area (TPSA) is 40.5 Å². The van der Waals surface area contributed by atoms with Crippen LogP contribution in [0.4, 0.5) is 10.1 Å². The molecule has 0 heterocycles. The minimum absolute atomic E-state index is 0.112. The molecule has 0 bridgehead atoms. The van der Waals surface area contributed by atoms with E-state index in [0.717, 1.165) is 0 Å². The van der Waals surface area contributed by atoms with Gasteiger partial charge in [-0.15, -0.1) is 6.58 Å². The zero-order valence-corrected chi connectivity index (χ0v) is 9.82. The molecule has 1 rings (SSSR count). The molecule has 0 saturated carbocycles. The number of carbonyl (C=O) groups is 1. The fourth-order valence-electron chi connectivity index (χ4n) is 1.69. The van der Waals surface area contributed by atoms with E-state index in [2.05, 4.69) is 6.58 Å².